The maximum atomic E-state index is 6.04. The van der Waals surface area contributed by atoms with Crippen molar-refractivity contribution in [3.8, 4) is 5.75 Å². The molecule has 0 unspecified atom stereocenters. The van der Waals surface area contributed by atoms with Crippen LogP contribution < -0.4 is 15.4 Å². The van der Waals surface area contributed by atoms with Gasteiger partial charge in [0.2, 0.25) is 0 Å². The maximum absolute atomic E-state index is 6.04. The van der Waals surface area contributed by atoms with Crippen molar-refractivity contribution in [3.63, 3.8) is 0 Å². The minimum Gasteiger partial charge on any atom is -0.490 e. The van der Waals surface area contributed by atoms with Gasteiger partial charge in [-0.25, -0.2) is 0 Å². The molecule has 0 bridgehead atoms. The first-order valence-corrected chi connectivity index (χ1v) is 7.15. The van der Waals surface area contributed by atoms with Crippen molar-refractivity contribution in [1.29, 1.82) is 0 Å². The van der Waals surface area contributed by atoms with Gasteiger partial charge in [-0.15, -0.1) is 24.0 Å². The molecule has 120 valence electrons. The number of nitrogens with one attached hydrogen (secondary N) is 2. The van der Waals surface area contributed by atoms with Crippen LogP contribution in [0.3, 0.4) is 0 Å². The van der Waals surface area contributed by atoms with Gasteiger partial charge >= 0.3 is 0 Å². The summed E-state index contributed by atoms with van der Waals surface area (Å²) in [5.41, 5.74) is -0.0427. The van der Waals surface area contributed by atoms with Crippen LogP contribution in [0.25, 0.3) is 0 Å². The highest BCUT2D eigenvalue weighted by Gasteiger charge is 2.11. The highest BCUT2D eigenvalue weighted by Crippen LogP contribution is 2.31. The first-order valence-electron chi connectivity index (χ1n) is 6.39. The van der Waals surface area contributed by atoms with Gasteiger partial charge in [-0.05, 0) is 32.9 Å². The summed E-state index contributed by atoms with van der Waals surface area (Å²) >= 11 is 12.0. The molecule has 0 aliphatic heterocycles. The number of hydrogen-bond acceptors (Lipinski definition) is 2. The molecule has 0 atom stereocenters. The smallest absolute Gasteiger partial charge is 0.191 e. The Hall–Kier alpha value is -0.400. The van der Waals surface area contributed by atoms with Crippen LogP contribution in [-0.4, -0.2) is 31.7 Å². The van der Waals surface area contributed by atoms with E-state index in [1.807, 2.05) is 0 Å². The largest absolute Gasteiger partial charge is 0.490 e. The van der Waals surface area contributed by atoms with Gasteiger partial charge in [-0.3, -0.25) is 4.99 Å². The zero-order valence-electron chi connectivity index (χ0n) is 12.7. The Bertz CT molecular complexity index is 476. The monoisotopic (exact) mass is 445 g/mol. The Morgan fingerprint density at radius 2 is 1.95 bits per heavy atom. The van der Waals surface area contributed by atoms with Gasteiger partial charge in [0.15, 0.2) is 5.96 Å². The lowest BCUT2D eigenvalue weighted by molar-refractivity contribution is 0.321. The number of rotatable bonds is 4. The van der Waals surface area contributed by atoms with Crippen molar-refractivity contribution in [3.05, 3.63) is 28.2 Å². The van der Waals surface area contributed by atoms with E-state index >= 15 is 0 Å². The van der Waals surface area contributed by atoms with Crippen LogP contribution in [0.2, 0.25) is 10.0 Å². The molecule has 0 heterocycles. The first-order chi connectivity index (χ1) is 9.33. The Balaban J connectivity index is 0.00000400. The average Bonchev–Trinajstić information content (AvgIpc) is 2.36. The number of hydrogen-bond donors (Lipinski definition) is 2. The third kappa shape index (κ3) is 7.97. The van der Waals surface area contributed by atoms with Gasteiger partial charge in [-0.1, -0.05) is 29.3 Å². The van der Waals surface area contributed by atoms with E-state index < -0.39 is 0 Å². The Kier molecular flexibility index (Phi) is 9.40. The zero-order valence-corrected chi connectivity index (χ0v) is 16.5. The highest BCUT2D eigenvalue weighted by atomic mass is 127. The highest BCUT2D eigenvalue weighted by molar-refractivity contribution is 14.0. The minimum absolute atomic E-state index is 0. The number of halogens is 3. The molecule has 0 spiro atoms. The van der Waals surface area contributed by atoms with Crippen molar-refractivity contribution < 1.29 is 4.74 Å². The SMILES string of the molecule is CN=C(NCCOc1cccc(Cl)c1Cl)NC(C)(C)C.I. The summed E-state index contributed by atoms with van der Waals surface area (Å²) in [6.45, 7) is 7.29. The fourth-order valence-corrected chi connectivity index (χ4v) is 1.81. The molecule has 2 N–H and O–H groups in total. The van der Waals surface area contributed by atoms with Gasteiger partial charge in [0.1, 0.15) is 17.4 Å². The second-order valence-corrected chi connectivity index (χ2v) is 6.06. The van der Waals surface area contributed by atoms with E-state index in [9.17, 15) is 0 Å². The summed E-state index contributed by atoms with van der Waals surface area (Å²) < 4.78 is 5.58. The lowest BCUT2D eigenvalue weighted by Crippen LogP contribution is -2.48. The van der Waals surface area contributed by atoms with Crippen LogP contribution in [-0.2, 0) is 0 Å². The molecule has 0 radical (unpaired) electrons. The summed E-state index contributed by atoms with van der Waals surface area (Å²) in [6.07, 6.45) is 0. The molecule has 0 fully saturated rings. The van der Waals surface area contributed by atoms with Gasteiger partial charge in [0, 0.05) is 12.6 Å². The number of benzene rings is 1. The topological polar surface area (TPSA) is 45.7 Å². The fourth-order valence-electron chi connectivity index (χ4n) is 1.46. The molecule has 0 saturated carbocycles. The van der Waals surface area contributed by atoms with Crippen LogP contribution >= 0.6 is 47.2 Å². The summed E-state index contributed by atoms with van der Waals surface area (Å²) in [7, 11) is 1.73. The van der Waals surface area contributed by atoms with Crippen molar-refractivity contribution in [1.82, 2.24) is 10.6 Å². The lowest BCUT2D eigenvalue weighted by Gasteiger charge is -2.23. The molecular weight excluding hydrogens is 424 g/mol. The molecule has 1 rings (SSSR count). The standard InChI is InChI=1S/C14H21Cl2N3O.HI/c1-14(2,3)19-13(17-4)18-8-9-20-11-7-5-6-10(15)12(11)16;/h5-7H,8-9H2,1-4H3,(H2,17,18,19);1H. The Morgan fingerprint density at radius 3 is 2.52 bits per heavy atom. The van der Waals surface area contributed by atoms with E-state index in [0.717, 1.165) is 5.96 Å². The van der Waals surface area contributed by atoms with E-state index in [0.29, 0.717) is 28.9 Å². The van der Waals surface area contributed by atoms with Crippen LogP contribution in [0.1, 0.15) is 20.8 Å². The van der Waals surface area contributed by atoms with Crippen LogP contribution in [0, 0.1) is 0 Å². The van der Waals surface area contributed by atoms with E-state index in [1.165, 1.54) is 0 Å². The first kappa shape index (κ1) is 20.6. The van der Waals surface area contributed by atoms with E-state index in [4.69, 9.17) is 27.9 Å². The van der Waals surface area contributed by atoms with Crippen molar-refractivity contribution >= 4 is 53.1 Å². The molecule has 21 heavy (non-hydrogen) atoms. The normalized spacial score (nSPS) is 11.6. The quantitative estimate of drug-likeness (QED) is 0.319. The van der Waals surface area contributed by atoms with Crippen molar-refractivity contribution in [2.75, 3.05) is 20.2 Å². The summed E-state index contributed by atoms with van der Waals surface area (Å²) in [4.78, 5) is 4.14. The third-order valence-corrected chi connectivity index (χ3v) is 3.09. The number of ether oxygens (including phenoxy) is 1. The molecule has 0 aliphatic carbocycles. The second-order valence-electron chi connectivity index (χ2n) is 5.27. The lowest BCUT2D eigenvalue weighted by atomic mass is 10.1. The van der Waals surface area contributed by atoms with Gasteiger partial charge in [0.25, 0.3) is 0 Å². The van der Waals surface area contributed by atoms with Crippen LogP contribution in [0.4, 0.5) is 0 Å². The maximum Gasteiger partial charge on any atom is 0.191 e. The van der Waals surface area contributed by atoms with Crippen molar-refractivity contribution in [2.24, 2.45) is 4.99 Å². The molecular formula is C14H22Cl2IN3O. The number of aliphatic imine (C=N–C) groups is 1. The van der Waals surface area contributed by atoms with Crippen LogP contribution in [0.5, 0.6) is 5.75 Å². The fraction of sp³-hybridized carbons (Fsp3) is 0.500. The Labute approximate surface area is 153 Å². The van der Waals surface area contributed by atoms with E-state index in [2.05, 4.69) is 36.4 Å². The molecule has 4 nitrogen and oxygen atoms in total. The molecule has 7 heteroatoms. The van der Waals surface area contributed by atoms with Gasteiger partial charge in [0.05, 0.1) is 11.6 Å². The van der Waals surface area contributed by atoms with Crippen molar-refractivity contribution in [2.45, 2.75) is 26.3 Å². The Morgan fingerprint density at radius 1 is 1.29 bits per heavy atom. The van der Waals surface area contributed by atoms with Gasteiger partial charge < -0.3 is 15.4 Å². The molecule has 1 aromatic rings. The predicted octanol–water partition coefficient (Wildman–Crippen LogP) is 3.95. The van der Waals surface area contributed by atoms with Gasteiger partial charge in [-0.2, -0.15) is 0 Å². The molecule has 0 amide bonds. The zero-order chi connectivity index (χ0) is 15.2. The molecule has 0 saturated heterocycles. The number of nitrogens with zero attached hydrogens (tertiary/aromatic N) is 1. The van der Waals surface area contributed by atoms with E-state index in [1.54, 1.807) is 25.2 Å². The molecule has 0 aliphatic rings. The molecule has 1 aromatic carbocycles. The summed E-state index contributed by atoms with van der Waals surface area (Å²) in [5.74, 6) is 1.32. The third-order valence-electron chi connectivity index (χ3n) is 2.29. The van der Waals surface area contributed by atoms with Crippen LogP contribution in [0.15, 0.2) is 23.2 Å². The average molecular weight is 446 g/mol. The molecule has 0 aromatic heterocycles. The minimum atomic E-state index is -0.0427. The number of guanidine groups is 1. The summed E-state index contributed by atoms with van der Waals surface area (Å²) in [6, 6.07) is 5.32. The summed E-state index contributed by atoms with van der Waals surface area (Å²) in [5, 5.41) is 7.35. The predicted molar refractivity (Wildman–Crippen MR) is 102 cm³/mol. The van der Waals surface area contributed by atoms with E-state index in [-0.39, 0.29) is 29.5 Å². The second kappa shape index (κ2) is 9.58.